The Morgan fingerprint density at radius 1 is 1.41 bits per heavy atom. The number of aliphatic imine (C=N–C) groups is 1. The Hall–Kier alpha value is -0.340. The van der Waals surface area contributed by atoms with Crippen LogP contribution in [0.15, 0.2) is 21.8 Å². The van der Waals surface area contributed by atoms with Crippen LogP contribution in [0.25, 0.3) is 0 Å². The summed E-state index contributed by atoms with van der Waals surface area (Å²) < 4.78 is 0. The summed E-state index contributed by atoms with van der Waals surface area (Å²) in [4.78, 5) is 7.24. The van der Waals surface area contributed by atoms with Crippen molar-refractivity contribution in [2.45, 2.75) is 52.2 Å². The Balaban J connectivity index is 0.00000242. The van der Waals surface area contributed by atoms with Gasteiger partial charge in [-0.05, 0) is 56.0 Å². The van der Waals surface area contributed by atoms with Crippen LogP contribution in [0.3, 0.4) is 0 Å². The quantitative estimate of drug-likeness (QED) is 0.423. The zero-order valence-electron chi connectivity index (χ0n) is 13.8. The summed E-state index contributed by atoms with van der Waals surface area (Å²) >= 11 is 1.73. The van der Waals surface area contributed by atoms with E-state index in [2.05, 4.69) is 53.1 Å². The van der Waals surface area contributed by atoms with Crippen LogP contribution in [0, 0.1) is 0 Å². The molecule has 1 aliphatic heterocycles. The van der Waals surface area contributed by atoms with Crippen molar-refractivity contribution in [2.24, 2.45) is 4.99 Å². The van der Waals surface area contributed by atoms with Gasteiger partial charge in [0, 0.05) is 31.7 Å². The van der Waals surface area contributed by atoms with Gasteiger partial charge in [-0.25, -0.2) is 4.99 Å². The van der Waals surface area contributed by atoms with Gasteiger partial charge in [0.1, 0.15) is 0 Å². The molecule has 2 heterocycles. The van der Waals surface area contributed by atoms with Crippen molar-refractivity contribution in [1.82, 2.24) is 15.5 Å². The third-order valence-electron chi connectivity index (χ3n) is 3.94. The van der Waals surface area contributed by atoms with E-state index in [-0.39, 0.29) is 24.0 Å². The van der Waals surface area contributed by atoms with Gasteiger partial charge in [0.05, 0.1) is 6.54 Å². The first-order valence-electron chi connectivity index (χ1n) is 7.99. The standard InChI is InChI=1S/C16H28N4S.HI/c1-4-17-16(18-11-14-7-10-21-12-14)19-15-5-8-20(9-6-15)13(2)3;/h7,10,12-13,15H,4-6,8-9,11H2,1-3H3,(H2,17,18,19);1H. The molecule has 22 heavy (non-hydrogen) atoms. The maximum Gasteiger partial charge on any atom is 0.191 e. The molecule has 0 radical (unpaired) electrons. The molecule has 4 nitrogen and oxygen atoms in total. The number of guanidine groups is 1. The van der Waals surface area contributed by atoms with Crippen LogP contribution < -0.4 is 10.6 Å². The summed E-state index contributed by atoms with van der Waals surface area (Å²) in [5.41, 5.74) is 1.28. The van der Waals surface area contributed by atoms with Crippen LogP contribution in [-0.4, -0.2) is 42.6 Å². The van der Waals surface area contributed by atoms with Gasteiger partial charge in [-0.2, -0.15) is 11.3 Å². The summed E-state index contributed by atoms with van der Waals surface area (Å²) in [7, 11) is 0. The Morgan fingerprint density at radius 2 is 2.14 bits per heavy atom. The van der Waals surface area contributed by atoms with Crippen molar-refractivity contribution in [3.63, 3.8) is 0 Å². The largest absolute Gasteiger partial charge is 0.357 e. The first-order chi connectivity index (χ1) is 10.2. The fourth-order valence-electron chi connectivity index (χ4n) is 2.63. The molecule has 1 aromatic heterocycles. The third kappa shape index (κ3) is 6.42. The van der Waals surface area contributed by atoms with E-state index in [1.807, 2.05) is 0 Å². The molecular formula is C16H29IN4S. The van der Waals surface area contributed by atoms with E-state index in [0.29, 0.717) is 12.1 Å². The number of piperidine rings is 1. The van der Waals surface area contributed by atoms with Gasteiger partial charge in [0.2, 0.25) is 0 Å². The lowest BCUT2D eigenvalue weighted by Gasteiger charge is -2.35. The number of halogens is 1. The second kappa shape index (κ2) is 10.4. The number of nitrogens with one attached hydrogen (secondary N) is 2. The van der Waals surface area contributed by atoms with Gasteiger partial charge < -0.3 is 15.5 Å². The highest BCUT2D eigenvalue weighted by atomic mass is 127. The van der Waals surface area contributed by atoms with Crippen LogP contribution in [0.2, 0.25) is 0 Å². The Labute approximate surface area is 155 Å². The molecule has 6 heteroatoms. The highest BCUT2D eigenvalue weighted by Crippen LogP contribution is 2.13. The lowest BCUT2D eigenvalue weighted by molar-refractivity contribution is 0.167. The second-order valence-electron chi connectivity index (χ2n) is 5.88. The van der Waals surface area contributed by atoms with Crippen LogP contribution >= 0.6 is 35.3 Å². The van der Waals surface area contributed by atoms with E-state index in [4.69, 9.17) is 4.99 Å². The predicted octanol–water partition coefficient (Wildman–Crippen LogP) is 3.29. The highest BCUT2D eigenvalue weighted by molar-refractivity contribution is 14.0. The number of rotatable bonds is 5. The minimum absolute atomic E-state index is 0. The summed E-state index contributed by atoms with van der Waals surface area (Å²) in [5, 5.41) is 11.2. The first-order valence-corrected chi connectivity index (χ1v) is 8.93. The van der Waals surface area contributed by atoms with Gasteiger partial charge in [0.25, 0.3) is 0 Å². The van der Waals surface area contributed by atoms with Crippen LogP contribution in [0.4, 0.5) is 0 Å². The minimum atomic E-state index is 0. The molecule has 0 spiro atoms. The van der Waals surface area contributed by atoms with Gasteiger partial charge in [-0.1, -0.05) is 0 Å². The number of hydrogen-bond acceptors (Lipinski definition) is 3. The van der Waals surface area contributed by atoms with E-state index < -0.39 is 0 Å². The molecule has 1 aromatic rings. The van der Waals surface area contributed by atoms with E-state index in [0.717, 1.165) is 19.0 Å². The van der Waals surface area contributed by atoms with Gasteiger partial charge in [0.15, 0.2) is 5.96 Å². The minimum Gasteiger partial charge on any atom is -0.357 e. The lowest BCUT2D eigenvalue weighted by Crippen LogP contribution is -2.49. The molecule has 0 atom stereocenters. The van der Waals surface area contributed by atoms with Crippen molar-refractivity contribution in [1.29, 1.82) is 0 Å². The fraction of sp³-hybridized carbons (Fsp3) is 0.688. The van der Waals surface area contributed by atoms with Crippen molar-refractivity contribution < 1.29 is 0 Å². The summed E-state index contributed by atoms with van der Waals surface area (Å²) in [5.74, 6) is 0.951. The Kier molecular flexibility index (Phi) is 9.35. The van der Waals surface area contributed by atoms with Crippen LogP contribution in [-0.2, 0) is 6.54 Å². The number of hydrogen-bond donors (Lipinski definition) is 2. The van der Waals surface area contributed by atoms with E-state index in [1.165, 1.54) is 31.5 Å². The molecule has 0 saturated carbocycles. The van der Waals surface area contributed by atoms with E-state index in [9.17, 15) is 0 Å². The average Bonchev–Trinajstić information content (AvgIpc) is 2.99. The molecule has 0 bridgehead atoms. The molecule has 1 aliphatic rings. The molecule has 0 aromatic carbocycles. The molecule has 1 saturated heterocycles. The summed E-state index contributed by atoms with van der Waals surface area (Å²) in [6.45, 7) is 10.7. The molecule has 126 valence electrons. The highest BCUT2D eigenvalue weighted by Gasteiger charge is 2.21. The smallest absolute Gasteiger partial charge is 0.191 e. The number of likely N-dealkylation sites (tertiary alicyclic amines) is 1. The molecule has 2 rings (SSSR count). The first kappa shape index (κ1) is 19.7. The van der Waals surface area contributed by atoms with Crippen molar-refractivity contribution in [3.05, 3.63) is 22.4 Å². The van der Waals surface area contributed by atoms with Gasteiger partial charge in [-0.3, -0.25) is 0 Å². The Morgan fingerprint density at radius 3 is 2.68 bits per heavy atom. The van der Waals surface area contributed by atoms with Crippen LogP contribution in [0.5, 0.6) is 0 Å². The number of nitrogens with zero attached hydrogens (tertiary/aromatic N) is 2. The maximum atomic E-state index is 4.69. The van der Waals surface area contributed by atoms with Crippen molar-refractivity contribution >= 4 is 41.3 Å². The molecule has 0 aliphatic carbocycles. The summed E-state index contributed by atoms with van der Waals surface area (Å²) in [6, 6.07) is 3.34. The predicted molar refractivity (Wildman–Crippen MR) is 107 cm³/mol. The molecular weight excluding hydrogens is 407 g/mol. The zero-order chi connectivity index (χ0) is 15.1. The van der Waals surface area contributed by atoms with E-state index >= 15 is 0 Å². The normalized spacial score (nSPS) is 17.4. The molecule has 0 amide bonds. The summed E-state index contributed by atoms with van der Waals surface area (Å²) in [6.07, 6.45) is 2.39. The van der Waals surface area contributed by atoms with Crippen LogP contribution in [0.1, 0.15) is 39.2 Å². The SMILES string of the molecule is CCNC(=NCc1ccsc1)NC1CCN(C(C)C)CC1.I. The lowest BCUT2D eigenvalue weighted by atomic mass is 10.0. The second-order valence-corrected chi connectivity index (χ2v) is 6.66. The number of thiophene rings is 1. The maximum absolute atomic E-state index is 4.69. The fourth-order valence-corrected chi connectivity index (χ4v) is 3.29. The zero-order valence-corrected chi connectivity index (χ0v) is 17.0. The van der Waals surface area contributed by atoms with Gasteiger partial charge in [-0.15, -0.1) is 24.0 Å². The van der Waals surface area contributed by atoms with Crippen molar-refractivity contribution in [2.75, 3.05) is 19.6 Å². The Bertz CT molecular complexity index is 425. The topological polar surface area (TPSA) is 39.7 Å². The van der Waals surface area contributed by atoms with Gasteiger partial charge >= 0.3 is 0 Å². The molecule has 1 fully saturated rings. The van der Waals surface area contributed by atoms with E-state index in [1.54, 1.807) is 11.3 Å². The molecule has 0 unspecified atom stereocenters. The van der Waals surface area contributed by atoms with Crippen molar-refractivity contribution in [3.8, 4) is 0 Å². The molecule has 2 N–H and O–H groups in total. The third-order valence-corrected chi connectivity index (χ3v) is 4.68. The average molecular weight is 436 g/mol. The monoisotopic (exact) mass is 436 g/mol.